The van der Waals surface area contributed by atoms with Crippen molar-refractivity contribution < 1.29 is 9.53 Å². The molecule has 2 nitrogen and oxygen atoms in total. The van der Waals surface area contributed by atoms with Crippen molar-refractivity contribution in [3.63, 3.8) is 0 Å². The van der Waals surface area contributed by atoms with E-state index >= 15 is 0 Å². The lowest BCUT2D eigenvalue weighted by molar-refractivity contribution is -0.138. The predicted octanol–water partition coefficient (Wildman–Crippen LogP) is 4.79. The highest BCUT2D eigenvalue weighted by Crippen LogP contribution is 2.34. The molecule has 0 radical (unpaired) electrons. The molecule has 0 fully saturated rings. The molecule has 0 aliphatic rings. The Kier molecular flexibility index (Phi) is 5.90. The van der Waals surface area contributed by atoms with Gasteiger partial charge in [-0.15, -0.1) is 6.58 Å². The second kappa shape index (κ2) is 7.19. The van der Waals surface area contributed by atoms with E-state index in [0.717, 1.165) is 11.3 Å². The molecule has 19 heavy (non-hydrogen) atoms. The lowest BCUT2D eigenvalue weighted by Crippen LogP contribution is -2.18. The molecular weight excluding hydrogens is 256 g/mol. The van der Waals surface area contributed by atoms with E-state index in [2.05, 4.69) is 6.58 Å². The Morgan fingerprint density at radius 2 is 2.00 bits per heavy atom. The molecule has 0 N–H and O–H groups in total. The van der Waals surface area contributed by atoms with Crippen molar-refractivity contribution in [3.8, 4) is 0 Å². The van der Waals surface area contributed by atoms with Crippen molar-refractivity contribution in [2.24, 2.45) is 5.41 Å². The summed E-state index contributed by atoms with van der Waals surface area (Å²) < 4.78 is 5.34. The summed E-state index contributed by atoms with van der Waals surface area (Å²) in [5, 5.41) is 1.90. The standard InChI is InChI=1S/C16H20O2S/c1-5-11-16(3,4)15(18-13(2)17)12-19-14-9-7-6-8-10-14/h5-10,12H,1,11H2,2-4H3/b15-12-. The van der Waals surface area contributed by atoms with E-state index in [0.29, 0.717) is 5.76 Å². The normalized spacial score (nSPS) is 12.1. The minimum Gasteiger partial charge on any atom is -0.430 e. The van der Waals surface area contributed by atoms with Crippen molar-refractivity contribution in [2.75, 3.05) is 0 Å². The number of carbonyl (C=O) groups is 1. The number of rotatable bonds is 6. The Morgan fingerprint density at radius 3 is 2.53 bits per heavy atom. The van der Waals surface area contributed by atoms with Crippen LogP contribution in [0.4, 0.5) is 0 Å². The van der Waals surface area contributed by atoms with Gasteiger partial charge in [0, 0.05) is 22.6 Å². The largest absolute Gasteiger partial charge is 0.430 e. The van der Waals surface area contributed by atoms with Crippen molar-refractivity contribution in [1.29, 1.82) is 0 Å². The van der Waals surface area contributed by atoms with Gasteiger partial charge in [0.15, 0.2) is 0 Å². The van der Waals surface area contributed by atoms with Crippen LogP contribution in [0.15, 0.2) is 59.0 Å². The maximum absolute atomic E-state index is 11.2. The van der Waals surface area contributed by atoms with Gasteiger partial charge in [-0.05, 0) is 18.6 Å². The van der Waals surface area contributed by atoms with Gasteiger partial charge in [-0.1, -0.05) is 49.9 Å². The molecule has 3 heteroatoms. The fourth-order valence-corrected chi connectivity index (χ4v) is 2.48. The van der Waals surface area contributed by atoms with Gasteiger partial charge in [0.25, 0.3) is 0 Å². The first-order valence-corrected chi connectivity index (χ1v) is 7.05. The Labute approximate surface area is 119 Å². The second-order valence-corrected chi connectivity index (χ2v) is 5.83. The van der Waals surface area contributed by atoms with Gasteiger partial charge in [-0.2, -0.15) is 0 Å². The summed E-state index contributed by atoms with van der Waals surface area (Å²) in [5.74, 6) is 0.380. The number of ether oxygens (including phenoxy) is 1. The van der Waals surface area contributed by atoms with E-state index in [1.165, 1.54) is 6.92 Å². The van der Waals surface area contributed by atoms with Crippen LogP contribution in [-0.2, 0) is 9.53 Å². The fraction of sp³-hybridized carbons (Fsp3) is 0.312. The summed E-state index contributed by atoms with van der Waals surface area (Å²) in [6.45, 7) is 9.25. The molecule has 0 aliphatic heterocycles. The summed E-state index contributed by atoms with van der Waals surface area (Å²) in [7, 11) is 0. The van der Waals surface area contributed by atoms with Crippen LogP contribution in [0.5, 0.6) is 0 Å². The van der Waals surface area contributed by atoms with Crippen LogP contribution in [0, 0.1) is 5.41 Å². The first-order valence-electron chi connectivity index (χ1n) is 6.17. The molecule has 1 aromatic rings. The van der Waals surface area contributed by atoms with Crippen molar-refractivity contribution in [3.05, 3.63) is 54.2 Å². The predicted molar refractivity (Wildman–Crippen MR) is 80.7 cm³/mol. The molecule has 102 valence electrons. The molecule has 0 heterocycles. The van der Waals surface area contributed by atoms with Gasteiger partial charge in [0.2, 0.25) is 0 Å². The molecule has 0 aliphatic carbocycles. The van der Waals surface area contributed by atoms with Crippen LogP contribution in [0.2, 0.25) is 0 Å². The van der Waals surface area contributed by atoms with Crippen LogP contribution in [0.3, 0.4) is 0 Å². The maximum atomic E-state index is 11.2. The molecule has 0 atom stereocenters. The number of esters is 1. The van der Waals surface area contributed by atoms with Gasteiger partial charge in [-0.3, -0.25) is 4.79 Å². The van der Waals surface area contributed by atoms with E-state index in [4.69, 9.17) is 4.74 Å². The molecule has 0 spiro atoms. The highest BCUT2D eigenvalue weighted by Gasteiger charge is 2.25. The van der Waals surface area contributed by atoms with E-state index < -0.39 is 0 Å². The monoisotopic (exact) mass is 276 g/mol. The van der Waals surface area contributed by atoms with E-state index in [1.54, 1.807) is 11.8 Å². The van der Waals surface area contributed by atoms with Gasteiger partial charge in [-0.25, -0.2) is 0 Å². The molecule has 1 aromatic carbocycles. The minimum atomic E-state index is -0.294. The Morgan fingerprint density at radius 1 is 1.37 bits per heavy atom. The van der Waals surface area contributed by atoms with E-state index in [9.17, 15) is 4.79 Å². The molecular formula is C16H20O2S. The van der Waals surface area contributed by atoms with Crippen LogP contribution < -0.4 is 0 Å². The number of benzene rings is 1. The number of allylic oxidation sites excluding steroid dienone is 2. The average Bonchev–Trinajstić information content (AvgIpc) is 2.35. The third-order valence-corrected chi connectivity index (χ3v) is 3.50. The Bertz CT molecular complexity index is 461. The quantitative estimate of drug-likeness (QED) is 0.323. The topological polar surface area (TPSA) is 26.3 Å². The number of hydrogen-bond donors (Lipinski definition) is 0. The van der Waals surface area contributed by atoms with Gasteiger partial charge < -0.3 is 4.74 Å². The summed E-state index contributed by atoms with van der Waals surface area (Å²) in [6, 6.07) is 9.98. The average molecular weight is 276 g/mol. The summed E-state index contributed by atoms with van der Waals surface area (Å²) >= 11 is 1.55. The van der Waals surface area contributed by atoms with Crippen molar-refractivity contribution in [1.82, 2.24) is 0 Å². The third kappa shape index (κ3) is 5.35. The zero-order valence-electron chi connectivity index (χ0n) is 11.7. The molecule has 0 bridgehead atoms. The number of carbonyl (C=O) groups excluding carboxylic acids is 1. The Hall–Kier alpha value is -1.48. The SMILES string of the molecule is C=CCC(C)(C)/C(=C/Sc1ccccc1)OC(C)=O. The zero-order valence-corrected chi connectivity index (χ0v) is 12.5. The smallest absolute Gasteiger partial charge is 0.307 e. The molecule has 1 rings (SSSR count). The Balaban J connectivity index is 2.90. The van der Waals surface area contributed by atoms with Gasteiger partial charge in [0.1, 0.15) is 5.76 Å². The lowest BCUT2D eigenvalue weighted by Gasteiger charge is -2.25. The molecule has 0 unspecified atom stereocenters. The first-order chi connectivity index (χ1) is 8.95. The van der Waals surface area contributed by atoms with Crippen molar-refractivity contribution in [2.45, 2.75) is 32.1 Å². The van der Waals surface area contributed by atoms with Gasteiger partial charge in [0.05, 0.1) is 0 Å². The summed E-state index contributed by atoms with van der Waals surface area (Å²) in [5.41, 5.74) is -0.241. The zero-order chi connectivity index (χ0) is 14.3. The second-order valence-electron chi connectivity index (χ2n) is 4.88. The number of thioether (sulfide) groups is 1. The number of hydrogen-bond acceptors (Lipinski definition) is 3. The minimum absolute atomic E-state index is 0.241. The summed E-state index contributed by atoms with van der Waals surface area (Å²) in [4.78, 5) is 12.3. The summed E-state index contributed by atoms with van der Waals surface area (Å²) in [6.07, 6.45) is 2.59. The van der Waals surface area contributed by atoms with Crippen LogP contribution in [0.1, 0.15) is 27.2 Å². The first kappa shape index (κ1) is 15.6. The van der Waals surface area contributed by atoms with Crippen LogP contribution in [0.25, 0.3) is 0 Å². The highest BCUT2D eigenvalue weighted by molar-refractivity contribution is 8.02. The van der Waals surface area contributed by atoms with Crippen molar-refractivity contribution >= 4 is 17.7 Å². The molecule has 0 aromatic heterocycles. The molecule has 0 saturated carbocycles. The van der Waals surface area contributed by atoms with Crippen LogP contribution in [-0.4, -0.2) is 5.97 Å². The van der Waals surface area contributed by atoms with E-state index in [1.807, 2.05) is 55.7 Å². The van der Waals surface area contributed by atoms with Gasteiger partial charge >= 0.3 is 5.97 Å². The van der Waals surface area contributed by atoms with E-state index in [-0.39, 0.29) is 11.4 Å². The van der Waals surface area contributed by atoms with Crippen LogP contribution >= 0.6 is 11.8 Å². The lowest BCUT2D eigenvalue weighted by atomic mass is 9.87. The molecule has 0 amide bonds. The molecule has 0 saturated heterocycles. The third-order valence-electron chi connectivity index (χ3n) is 2.62. The fourth-order valence-electron chi connectivity index (χ4n) is 1.56. The highest BCUT2D eigenvalue weighted by atomic mass is 32.2. The maximum Gasteiger partial charge on any atom is 0.307 e.